The molecule has 0 aromatic carbocycles. The summed E-state index contributed by atoms with van der Waals surface area (Å²) in [4.78, 5) is 77.2. The second kappa shape index (κ2) is 10.7. The molecule has 180 valence electrons. The zero-order valence-corrected chi connectivity index (χ0v) is 19.8. The summed E-state index contributed by atoms with van der Waals surface area (Å²) >= 11 is 0. The largest absolute Gasteiger partial charge is 0.454 e. The normalized spacial score (nSPS) is 10.9. The first kappa shape index (κ1) is 26.2. The van der Waals surface area contributed by atoms with Crippen molar-refractivity contribution in [3.05, 3.63) is 57.2 Å². The minimum absolute atomic E-state index is 0.167. The summed E-state index contributed by atoms with van der Waals surface area (Å²) in [6.07, 6.45) is 1.54. The van der Waals surface area contributed by atoms with Gasteiger partial charge in [-0.2, -0.15) is 0 Å². The van der Waals surface area contributed by atoms with Gasteiger partial charge in [0.25, 0.3) is 0 Å². The van der Waals surface area contributed by atoms with E-state index in [1.807, 2.05) is 0 Å². The third-order valence-corrected chi connectivity index (χ3v) is 5.18. The number of ketones is 4. The van der Waals surface area contributed by atoms with E-state index in [4.69, 9.17) is 9.47 Å². The van der Waals surface area contributed by atoms with Crippen LogP contribution in [-0.2, 0) is 19.1 Å². The van der Waals surface area contributed by atoms with Crippen molar-refractivity contribution in [1.82, 2.24) is 9.97 Å². The molecule has 2 N–H and O–H groups in total. The van der Waals surface area contributed by atoms with Crippen molar-refractivity contribution in [3.63, 3.8) is 0 Å². The summed E-state index contributed by atoms with van der Waals surface area (Å²) in [7, 11) is 0. The van der Waals surface area contributed by atoms with Gasteiger partial charge in [0.05, 0.1) is 11.4 Å². The second-order valence-electron chi connectivity index (χ2n) is 7.76. The topological polar surface area (TPSA) is 152 Å². The van der Waals surface area contributed by atoms with Crippen LogP contribution in [0.1, 0.15) is 78.1 Å². The molecular formula is C24H26N2O8. The first-order chi connectivity index (χ1) is 15.8. The Morgan fingerprint density at radius 2 is 0.971 bits per heavy atom. The van der Waals surface area contributed by atoms with Gasteiger partial charge in [0.1, 0.15) is 0 Å². The predicted octanol–water partition coefficient (Wildman–Crippen LogP) is 2.69. The molecule has 0 aliphatic rings. The highest BCUT2D eigenvalue weighted by Gasteiger charge is 2.22. The van der Waals surface area contributed by atoms with Crippen LogP contribution < -0.4 is 0 Å². The van der Waals surface area contributed by atoms with E-state index in [1.54, 1.807) is 27.7 Å². The fraction of sp³-hybridized carbons (Fsp3) is 0.333. The number of H-pyrrole nitrogens is 2. The molecule has 2 aromatic rings. The van der Waals surface area contributed by atoms with Gasteiger partial charge in [-0.05, 0) is 52.7 Å². The molecule has 0 aliphatic carbocycles. The maximum atomic E-state index is 12.3. The van der Waals surface area contributed by atoms with Crippen LogP contribution in [0.4, 0.5) is 0 Å². The fourth-order valence-electron chi connectivity index (χ4n) is 3.76. The van der Waals surface area contributed by atoms with Crippen LogP contribution in [-0.4, -0.2) is 58.3 Å². The van der Waals surface area contributed by atoms with Gasteiger partial charge in [-0.3, -0.25) is 19.2 Å². The molecule has 2 heterocycles. The Hall–Kier alpha value is -4.08. The summed E-state index contributed by atoms with van der Waals surface area (Å²) in [5.41, 5.74) is 3.18. The number of aromatic nitrogens is 2. The quantitative estimate of drug-likeness (QED) is 0.305. The molecular weight excluding hydrogens is 444 g/mol. The van der Waals surface area contributed by atoms with Crippen LogP contribution in [0.5, 0.6) is 0 Å². The highest BCUT2D eigenvalue weighted by Crippen LogP contribution is 2.20. The van der Waals surface area contributed by atoms with Crippen molar-refractivity contribution in [2.24, 2.45) is 0 Å². The van der Waals surface area contributed by atoms with Crippen molar-refractivity contribution in [3.8, 4) is 0 Å². The maximum absolute atomic E-state index is 12.3. The van der Waals surface area contributed by atoms with Crippen LogP contribution in [0, 0.1) is 27.7 Å². The van der Waals surface area contributed by atoms with E-state index < -0.39 is 36.7 Å². The third-order valence-electron chi connectivity index (χ3n) is 5.18. The number of hydrogen-bond donors (Lipinski definition) is 2. The highest BCUT2D eigenvalue weighted by atomic mass is 16.5. The molecule has 0 saturated heterocycles. The van der Waals surface area contributed by atoms with Gasteiger partial charge in [0.15, 0.2) is 24.8 Å². The van der Waals surface area contributed by atoms with Crippen molar-refractivity contribution < 1.29 is 38.2 Å². The zero-order chi connectivity index (χ0) is 25.7. The lowest BCUT2D eigenvalue weighted by Crippen LogP contribution is -2.16. The van der Waals surface area contributed by atoms with Crippen LogP contribution in [0.2, 0.25) is 0 Å². The van der Waals surface area contributed by atoms with E-state index in [1.165, 1.54) is 13.8 Å². The first-order valence-corrected chi connectivity index (χ1v) is 10.3. The van der Waals surface area contributed by atoms with Crippen molar-refractivity contribution in [2.45, 2.75) is 41.5 Å². The van der Waals surface area contributed by atoms with Gasteiger partial charge < -0.3 is 19.4 Å². The minimum atomic E-state index is -0.966. The molecule has 2 aromatic heterocycles. The number of carbonyl (C=O) groups is 6. The maximum Gasteiger partial charge on any atom is 0.331 e. The predicted molar refractivity (Wildman–Crippen MR) is 120 cm³/mol. The molecule has 0 spiro atoms. The number of aromatic amines is 2. The summed E-state index contributed by atoms with van der Waals surface area (Å²) in [6.45, 7) is 8.12. The van der Waals surface area contributed by atoms with Gasteiger partial charge in [0.2, 0.25) is 11.6 Å². The van der Waals surface area contributed by atoms with Crippen molar-refractivity contribution in [1.29, 1.82) is 0 Å². The Bertz CT molecular complexity index is 1130. The number of Topliss-reactive ketones (excluding diaryl/α,β-unsaturated/α-hetero) is 4. The Balaban J connectivity index is 1.88. The molecule has 0 atom stereocenters. The summed E-state index contributed by atoms with van der Waals surface area (Å²) < 4.78 is 9.66. The van der Waals surface area contributed by atoms with Gasteiger partial charge in [-0.15, -0.1) is 0 Å². The third kappa shape index (κ3) is 5.83. The number of esters is 2. The molecule has 34 heavy (non-hydrogen) atoms. The second-order valence-corrected chi connectivity index (χ2v) is 7.76. The fourth-order valence-corrected chi connectivity index (χ4v) is 3.76. The van der Waals surface area contributed by atoms with Gasteiger partial charge in [-0.1, -0.05) is 0 Å². The Morgan fingerprint density at radius 3 is 1.24 bits per heavy atom. The SMILES string of the molecule is CC(=O)c1c(C)[nH]c(C(=O)COC(=O)C=CC(=O)OCC(=O)c2[nH]c(C)c(C(C)=O)c2C)c1C. The molecule has 0 fully saturated rings. The summed E-state index contributed by atoms with van der Waals surface area (Å²) in [5.74, 6) is -3.39. The van der Waals surface area contributed by atoms with E-state index in [-0.39, 0.29) is 23.0 Å². The number of nitrogens with one attached hydrogen (secondary N) is 2. The van der Waals surface area contributed by atoms with E-state index >= 15 is 0 Å². The van der Waals surface area contributed by atoms with Crippen molar-refractivity contribution in [2.75, 3.05) is 13.2 Å². The standard InChI is InChI=1S/C24H26N2O8/c1-11-21(15(5)27)13(3)25-23(11)17(29)9-33-19(31)7-8-20(32)34-10-18(30)24-12(2)22(16(6)28)14(4)26-24/h7-8,25-26H,9-10H2,1-6H3. The zero-order valence-electron chi connectivity index (χ0n) is 19.8. The lowest BCUT2D eigenvalue weighted by atomic mass is 10.1. The summed E-state index contributed by atoms with van der Waals surface area (Å²) in [6, 6.07) is 0. The number of carbonyl (C=O) groups excluding carboxylic acids is 6. The molecule has 0 unspecified atom stereocenters. The van der Waals surface area contributed by atoms with Gasteiger partial charge >= 0.3 is 11.9 Å². The lowest BCUT2D eigenvalue weighted by molar-refractivity contribution is -0.139. The highest BCUT2D eigenvalue weighted by molar-refractivity contribution is 6.05. The van der Waals surface area contributed by atoms with E-state index in [9.17, 15) is 28.8 Å². The van der Waals surface area contributed by atoms with Crippen LogP contribution in [0.15, 0.2) is 12.2 Å². The number of aryl methyl sites for hydroxylation is 2. The monoisotopic (exact) mass is 470 g/mol. The first-order valence-electron chi connectivity index (χ1n) is 10.3. The summed E-state index contributed by atoms with van der Waals surface area (Å²) in [5, 5.41) is 0. The van der Waals surface area contributed by atoms with Crippen molar-refractivity contribution >= 4 is 35.1 Å². The van der Waals surface area contributed by atoms with Gasteiger partial charge in [0, 0.05) is 34.7 Å². The molecule has 0 radical (unpaired) electrons. The Kier molecular flexibility index (Phi) is 8.23. The number of hydrogen-bond acceptors (Lipinski definition) is 8. The molecule has 2 rings (SSSR count). The molecule has 0 amide bonds. The molecule has 0 aliphatic heterocycles. The average molecular weight is 470 g/mol. The van der Waals surface area contributed by atoms with Gasteiger partial charge in [-0.25, -0.2) is 9.59 Å². The molecule has 10 heteroatoms. The van der Waals surface area contributed by atoms with E-state index in [0.717, 1.165) is 12.2 Å². The molecule has 10 nitrogen and oxygen atoms in total. The minimum Gasteiger partial charge on any atom is -0.454 e. The Morgan fingerprint density at radius 1 is 0.647 bits per heavy atom. The molecule has 0 saturated carbocycles. The van der Waals surface area contributed by atoms with Crippen LogP contribution >= 0.6 is 0 Å². The van der Waals surface area contributed by atoms with E-state index in [0.29, 0.717) is 33.6 Å². The number of ether oxygens (including phenoxy) is 2. The number of rotatable bonds is 10. The average Bonchev–Trinajstić information content (AvgIpc) is 3.22. The van der Waals surface area contributed by atoms with Crippen LogP contribution in [0.3, 0.4) is 0 Å². The van der Waals surface area contributed by atoms with E-state index in [2.05, 4.69) is 9.97 Å². The van der Waals surface area contributed by atoms with Crippen LogP contribution in [0.25, 0.3) is 0 Å². The molecule has 0 bridgehead atoms. The smallest absolute Gasteiger partial charge is 0.331 e. The lowest BCUT2D eigenvalue weighted by Gasteiger charge is -2.03. The Labute approximate surface area is 195 Å².